The van der Waals surface area contributed by atoms with Crippen LogP contribution in [-0.4, -0.2) is 0 Å². The van der Waals surface area contributed by atoms with Gasteiger partial charge in [0.05, 0.1) is 11.1 Å². The van der Waals surface area contributed by atoms with Gasteiger partial charge >= 0.3 is 0 Å². The molecule has 3 N–H and O–H groups in total. The van der Waals surface area contributed by atoms with E-state index in [0.29, 0.717) is 5.56 Å². The van der Waals surface area contributed by atoms with E-state index in [0.717, 1.165) is 0 Å². The fraction of sp³-hybridized carbons (Fsp3) is 0.0769. The number of hydrazine groups is 1. The first kappa shape index (κ1) is 13.0. The molecule has 0 heterocycles. The molecule has 0 aromatic heterocycles. The molecule has 0 saturated carbocycles. The van der Waals surface area contributed by atoms with Gasteiger partial charge in [-0.25, -0.2) is 14.2 Å². The highest BCUT2D eigenvalue weighted by Gasteiger charge is 2.18. The van der Waals surface area contributed by atoms with Gasteiger partial charge in [-0.1, -0.05) is 35.9 Å². The van der Waals surface area contributed by atoms with Crippen molar-refractivity contribution in [3.05, 3.63) is 70.2 Å². The molecule has 0 saturated heterocycles. The fourth-order valence-electron chi connectivity index (χ4n) is 1.80. The second kappa shape index (κ2) is 5.44. The topological polar surface area (TPSA) is 38.0 Å². The summed E-state index contributed by atoms with van der Waals surface area (Å²) in [6, 6.07) is 9.77. The standard InChI is InChI=1S/C13H11ClF2N2/c14-11-6-2-5-10(12(11)16)13(18-17)8-3-1-4-9(15)7-8/h1-7,13,18H,17H2. The molecule has 0 aliphatic carbocycles. The molecule has 0 amide bonds. The third-order valence-electron chi connectivity index (χ3n) is 2.64. The van der Waals surface area contributed by atoms with E-state index < -0.39 is 17.7 Å². The maximum absolute atomic E-state index is 13.9. The maximum atomic E-state index is 13.9. The van der Waals surface area contributed by atoms with Crippen molar-refractivity contribution < 1.29 is 8.78 Å². The molecule has 0 aliphatic rings. The lowest BCUT2D eigenvalue weighted by molar-refractivity contribution is 0.556. The van der Waals surface area contributed by atoms with E-state index in [1.165, 1.54) is 24.3 Å². The van der Waals surface area contributed by atoms with E-state index in [1.807, 2.05) is 0 Å². The van der Waals surface area contributed by atoms with Crippen LogP contribution in [0.15, 0.2) is 42.5 Å². The summed E-state index contributed by atoms with van der Waals surface area (Å²) >= 11 is 5.72. The Kier molecular flexibility index (Phi) is 3.91. The molecule has 1 unspecified atom stereocenters. The molecule has 1 atom stereocenters. The van der Waals surface area contributed by atoms with Gasteiger partial charge in [0.15, 0.2) is 0 Å². The predicted octanol–water partition coefficient (Wildman–Crippen LogP) is 3.17. The van der Waals surface area contributed by atoms with Crippen molar-refractivity contribution in [2.45, 2.75) is 6.04 Å². The highest BCUT2D eigenvalue weighted by atomic mass is 35.5. The minimum Gasteiger partial charge on any atom is -0.271 e. The molecule has 0 spiro atoms. The average molecular weight is 269 g/mol. The van der Waals surface area contributed by atoms with Gasteiger partial charge in [0.1, 0.15) is 11.6 Å². The van der Waals surface area contributed by atoms with Gasteiger partial charge < -0.3 is 0 Å². The van der Waals surface area contributed by atoms with E-state index in [4.69, 9.17) is 17.4 Å². The number of nitrogens with one attached hydrogen (secondary N) is 1. The third-order valence-corrected chi connectivity index (χ3v) is 2.93. The maximum Gasteiger partial charge on any atom is 0.146 e. The molecule has 5 heteroatoms. The molecule has 2 nitrogen and oxygen atoms in total. The molecule has 2 rings (SSSR count). The highest BCUT2D eigenvalue weighted by molar-refractivity contribution is 6.30. The minimum absolute atomic E-state index is 0.00385. The summed E-state index contributed by atoms with van der Waals surface area (Å²) in [6.07, 6.45) is 0. The van der Waals surface area contributed by atoms with Crippen LogP contribution in [0.2, 0.25) is 5.02 Å². The largest absolute Gasteiger partial charge is 0.271 e. The number of nitrogens with two attached hydrogens (primary N) is 1. The SMILES string of the molecule is NNC(c1cccc(F)c1)c1cccc(Cl)c1F. The fourth-order valence-corrected chi connectivity index (χ4v) is 1.98. The number of rotatable bonds is 3. The van der Waals surface area contributed by atoms with Crippen molar-refractivity contribution in [1.82, 2.24) is 5.43 Å². The van der Waals surface area contributed by atoms with Crippen LogP contribution in [0.25, 0.3) is 0 Å². The Bertz CT molecular complexity index is 560. The van der Waals surface area contributed by atoms with E-state index in [1.54, 1.807) is 18.2 Å². The lowest BCUT2D eigenvalue weighted by Crippen LogP contribution is -2.29. The average Bonchev–Trinajstić information content (AvgIpc) is 2.35. The van der Waals surface area contributed by atoms with Crippen LogP contribution in [0.1, 0.15) is 17.2 Å². The Morgan fingerprint density at radius 2 is 1.83 bits per heavy atom. The zero-order chi connectivity index (χ0) is 13.1. The van der Waals surface area contributed by atoms with Gasteiger partial charge in [-0.05, 0) is 23.8 Å². The van der Waals surface area contributed by atoms with Crippen molar-refractivity contribution in [3.63, 3.8) is 0 Å². The monoisotopic (exact) mass is 268 g/mol. The molecule has 18 heavy (non-hydrogen) atoms. The normalized spacial score (nSPS) is 12.4. The third kappa shape index (κ3) is 2.51. The molecule has 0 aliphatic heterocycles. The number of halogens is 3. The van der Waals surface area contributed by atoms with Crippen molar-refractivity contribution in [1.29, 1.82) is 0 Å². The lowest BCUT2D eigenvalue weighted by atomic mass is 9.99. The Labute approximate surface area is 108 Å². The van der Waals surface area contributed by atoms with Crippen LogP contribution < -0.4 is 11.3 Å². The quantitative estimate of drug-likeness (QED) is 0.663. The van der Waals surface area contributed by atoms with Crippen molar-refractivity contribution in [2.24, 2.45) is 5.84 Å². The van der Waals surface area contributed by atoms with Crippen LogP contribution in [-0.2, 0) is 0 Å². The number of hydrogen-bond acceptors (Lipinski definition) is 2. The second-order valence-corrected chi connectivity index (χ2v) is 4.20. The van der Waals surface area contributed by atoms with Gasteiger partial charge in [-0.15, -0.1) is 0 Å². The van der Waals surface area contributed by atoms with Crippen molar-refractivity contribution >= 4 is 11.6 Å². The van der Waals surface area contributed by atoms with Crippen LogP contribution >= 0.6 is 11.6 Å². The zero-order valence-electron chi connectivity index (χ0n) is 9.33. The van der Waals surface area contributed by atoms with E-state index in [9.17, 15) is 8.78 Å². The summed E-state index contributed by atoms with van der Waals surface area (Å²) in [5, 5.41) is 0.00385. The summed E-state index contributed by atoms with van der Waals surface area (Å²) in [5.74, 6) is 4.45. The van der Waals surface area contributed by atoms with E-state index in [-0.39, 0.29) is 10.6 Å². The van der Waals surface area contributed by atoms with Gasteiger partial charge in [-0.3, -0.25) is 5.84 Å². The van der Waals surface area contributed by atoms with Gasteiger partial charge in [0.2, 0.25) is 0 Å². The predicted molar refractivity (Wildman–Crippen MR) is 67.0 cm³/mol. The van der Waals surface area contributed by atoms with Crippen LogP contribution in [0, 0.1) is 11.6 Å². The zero-order valence-corrected chi connectivity index (χ0v) is 10.1. The van der Waals surface area contributed by atoms with E-state index in [2.05, 4.69) is 5.43 Å². The Balaban J connectivity index is 2.49. The smallest absolute Gasteiger partial charge is 0.146 e. The highest BCUT2D eigenvalue weighted by Crippen LogP contribution is 2.27. The van der Waals surface area contributed by atoms with Gasteiger partial charge in [0, 0.05) is 5.56 Å². The molecular formula is C13H11ClF2N2. The molecule has 0 radical (unpaired) electrons. The minimum atomic E-state index is -0.653. The van der Waals surface area contributed by atoms with Gasteiger partial charge in [0.25, 0.3) is 0 Å². The molecule has 0 fully saturated rings. The number of benzene rings is 2. The van der Waals surface area contributed by atoms with Crippen LogP contribution in [0.5, 0.6) is 0 Å². The Morgan fingerprint density at radius 1 is 1.11 bits per heavy atom. The molecule has 2 aromatic carbocycles. The van der Waals surface area contributed by atoms with E-state index >= 15 is 0 Å². The molecular weight excluding hydrogens is 258 g/mol. The summed E-state index contributed by atoms with van der Waals surface area (Å²) in [6.45, 7) is 0. The first-order valence-electron chi connectivity index (χ1n) is 5.29. The van der Waals surface area contributed by atoms with Crippen LogP contribution in [0.4, 0.5) is 8.78 Å². The Morgan fingerprint density at radius 3 is 2.50 bits per heavy atom. The lowest BCUT2D eigenvalue weighted by Gasteiger charge is -2.18. The molecule has 94 valence electrons. The summed E-state index contributed by atoms with van der Waals surface area (Å²) < 4.78 is 27.1. The summed E-state index contributed by atoms with van der Waals surface area (Å²) in [5.41, 5.74) is 3.26. The summed E-state index contributed by atoms with van der Waals surface area (Å²) in [7, 11) is 0. The van der Waals surface area contributed by atoms with Crippen molar-refractivity contribution in [3.8, 4) is 0 Å². The molecule has 0 bridgehead atoms. The van der Waals surface area contributed by atoms with Gasteiger partial charge in [-0.2, -0.15) is 0 Å². The second-order valence-electron chi connectivity index (χ2n) is 3.80. The van der Waals surface area contributed by atoms with Crippen molar-refractivity contribution in [2.75, 3.05) is 0 Å². The first-order chi connectivity index (χ1) is 8.63. The van der Waals surface area contributed by atoms with Crippen LogP contribution in [0.3, 0.4) is 0 Å². The number of hydrogen-bond donors (Lipinski definition) is 2. The molecule has 2 aromatic rings. The Hall–Kier alpha value is -1.49. The summed E-state index contributed by atoms with van der Waals surface area (Å²) in [4.78, 5) is 0. The first-order valence-corrected chi connectivity index (χ1v) is 5.66.